The molecule has 2 aliphatic rings. The van der Waals surface area contributed by atoms with Crippen molar-refractivity contribution in [3.63, 3.8) is 0 Å². The molecule has 0 saturated carbocycles. The number of fused-ring (bicyclic) bond motifs is 1. The number of H-pyrrole nitrogens is 1. The summed E-state index contributed by atoms with van der Waals surface area (Å²) in [7, 11) is 0. The van der Waals surface area contributed by atoms with Gasteiger partial charge in [0.15, 0.2) is 0 Å². The summed E-state index contributed by atoms with van der Waals surface area (Å²) < 4.78 is 0. The molecule has 76 valence electrons. The number of hydrogen-bond acceptors (Lipinski definition) is 2. The van der Waals surface area contributed by atoms with E-state index in [1.54, 1.807) is 0 Å². The normalized spacial score (nSPS) is 26.4. The Balaban J connectivity index is 1.87. The first-order chi connectivity index (χ1) is 6.93. The van der Waals surface area contributed by atoms with Crippen LogP contribution in [0.15, 0.2) is 0 Å². The summed E-state index contributed by atoms with van der Waals surface area (Å²) in [5, 5.41) is 3.49. The van der Waals surface area contributed by atoms with Crippen LogP contribution in [0.4, 0.5) is 0 Å². The molecule has 2 N–H and O–H groups in total. The predicted molar refractivity (Wildman–Crippen MR) is 55.2 cm³/mol. The maximum Gasteiger partial charge on any atom is 0.123 e. The smallest absolute Gasteiger partial charge is 0.123 e. The fourth-order valence-electron chi connectivity index (χ4n) is 2.56. The van der Waals surface area contributed by atoms with Crippen LogP contribution in [0.5, 0.6) is 0 Å². The van der Waals surface area contributed by atoms with E-state index < -0.39 is 0 Å². The zero-order chi connectivity index (χ0) is 9.38. The number of nitrogens with zero attached hydrogens (tertiary/aromatic N) is 1. The number of aryl methyl sites for hydroxylation is 2. The Morgan fingerprint density at radius 2 is 2.07 bits per heavy atom. The summed E-state index contributed by atoms with van der Waals surface area (Å²) in [5.74, 6) is 1.19. The van der Waals surface area contributed by atoms with Gasteiger partial charge < -0.3 is 10.3 Å². The van der Waals surface area contributed by atoms with Gasteiger partial charge in [0.05, 0.1) is 11.7 Å². The highest BCUT2D eigenvalue weighted by Gasteiger charge is 2.22. The minimum atomic E-state index is 0.501. The minimum absolute atomic E-state index is 0.501. The number of aromatic amines is 1. The first-order valence-electron chi connectivity index (χ1n) is 5.74. The third-order valence-corrected chi connectivity index (χ3v) is 3.36. The molecule has 3 rings (SSSR count). The molecule has 1 aliphatic heterocycles. The Labute approximate surface area is 84.3 Å². The molecule has 1 aromatic heterocycles. The fourth-order valence-corrected chi connectivity index (χ4v) is 2.56. The Hall–Kier alpha value is -0.830. The first kappa shape index (κ1) is 8.48. The van der Waals surface area contributed by atoms with Crippen LogP contribution >= 0.6 is 0 Å². The molecule has 0 bridgehead atoms. The zero-order valence-corrected chi connectivity index (χ0v) is 8.47. The molecule has 2 heterocycles. The molecule has 1 aromatic rings. The Morgan fingerprint density at radius 1 is 1.14 bits per heavy atom. The quantitative estimate of drug-likeness (QED) is 0.709. The Morgan fingerprint density at radius 3 is 2.86 bits per heavy atom. The van der Waals surface area contributed by atoms with Gasteiger partial charge in [0.25, 0.3) is 0 Å². The average Bonchev–Trinajstić information content (AvgIpc) is 2.86. The number of nitrogens with one attached hydrogen (secondary N) is 2. The van der Waals surface area contributed by atoms with Crippen LogP contribution in [0, 0.1) is 0 Å². The van der Waals surface area contributed by atoms with Crippen LogP contribution in [0.2, 0.25) is 0 Å². The number of imidazole rings is 1. The van der Waals surface area contributed by atoms with Crippen LogP contribution in [-0.4, -0.2) is 16.5 Å². The number of rotatable bonds is 1. The van der Waals surface area contributed by atoms with Gasteiger partial charge in [-0.3, -0.25) is 0 Å². The second-order valence-electron chi connectivity index (χ2n) is 4.40. The van der Waals surface area contributed by atoms with E-state index in [1.165, 1.54) is 55.7 Å². The highest BCUT2D eigenvalue weighted by atomic mass is 15.0. The van der Waals surface area contributed by atoms with Crippen molar-refractivity contribution < 1.29 is 0 Å². The van der Waals surface area contributed by atoms with Crippen molar-refractivity contribution in [3.8, 4) is 0 Å². The van der Waals surface area contributed by atoms with E-state index in [-0.39, 0.29) is 0 Å². The monoisotopic (exact) mass is 191 g/mol. The average molecular weight is 191 g/mol. The second-order valence-corrected chi connectivity index (χ2v) is 4.40. The van der Waals surface area contributed by atoms with Crippen molar-refractivity contribution in [2.24, 2.45) is 0 Å². The minimum Gasteiger partial charge on any atom is -0.344 e. The highest BCUT2D eigenvalue weighted by Crippen LogP contribution is 2.25. The van der Waals surface area contributed by atoms with Crippen molar-refractivity contribution in [2.45, 2.75) is 44.6 Å². The Kier molecular flexibility index (Phi) is 2.05. The molecule has 3 heteroatoms. The summed E-state index contributed by atoms with van der Waals surface area (Å²) in [6.07, 6.45) is 7.55. The summed E-state index contributed by atoms with van der Waals surface area (Å²) in [6, 6.07) is 0.501. The largest absolute Gasteiger partial charge is 0.344 e. The maximum absolute atomic E-state index is 4.71. The lowest BCUT2D eigenvalue weighted by Gasteiger charge is -2.07. The van der Waals surface area contributed by atoms with Crippen molar-refractivity contribution in [3.05, 3.63) is 17.2 Å². The highest BCUT2D eigenvalue weighted by molar-refractivity contribution is 5.19. The fraction of sp³-hybridized carbons (Fsp3) is 0.727. The maximum atomic E-state index is 4.71. The van der Waals surface area contributed by atoms with Crippen LogP contribution in [-0.2, 0) is 12.8 Å². The van der Waals surface area contributed by atoms with E-state index in [0.717, 1.165) is 6.54 Å². The zero-order valence-electron chi connectivity index (χ0n) is 8.47. The van der Waals surface area contributed by atoms with E-state index in [2.05, 4.69) is 10.3 Å². The molecule has 0 spiro atoms. The van der Waals surface area contributed by atoms with E-state index >= 15 is 0 Å². The molecular weight excluding hydrogens is 174 g/mol. The molecule has 1 atom stereocenters. The van der Waals surface area contributed by atoms with E-state index in [9.17, 15) is 0 Å². The summed E-state index contributed by atoms with van der Waals surface area (Å²) >= 11 is 0. The van der Waals surface area contributed by atoms with Gasteiger partial charge in [-0.2, -0.15) is 0 Å². The summed E-state index contributed by atoms with van der Waals surface area (Å²) in [5.41, 5.74) is 2.74. The van der Waals surface area contributed by atoms with Gasteiger partial charge >= 0.3 is 0 Å². The lowest BCUT2D eigenvalue weighted by molar-refractivity contribution is 0.610. The van der Waals surface area contributed by atoms with Gasteiger partial charge in [0, 0.05) is 5.69 Å². The summed E-state index contributed by atoms with van der Waals surface area (Å²) in [4.78, 5) is 8.22. The molecule has 0 aromatic carbocycles. The van der Waals surface area contributed by atoms with Crippen molar-refractivity contribution in [1.82, 2.24) is 15.3 Å². The van der Waals surface area contributed by atoms with E-state index in [0.29, 0.717) is 6.04 Å². The molecule has 0 amide bonds. The van der Waals surface area contributed by atoms with Crippen LogP contribution in [0.3, 0.4) is 0 Å². The molecule has 3 nitrogen and oxygen atoms in total. The van der Waals surface area contributed by atoms with Gasteiger partial charge in [-0.25, -0.2) is 4.98 Å². The van der Waals surface area contributed by atoms with Gasteiger partial charge in [-0.1, -0.05) is 0 Å². The van der Waals surface area contributed by atoms with Crippen LogP contribution in [0.25, 0.3) is 0 Å². The Bertz CT molecular complexity index is 300. The van der Waals surface area contributed by atoms with Crippen LogP contribution in [0.1, 0.15) is 48.9 Å². The van der Waals surface area contributed by atoms with Gasteiger partial charge in [-0.15, -0.1) is 0 Å². The molecule has 0 unspecified atom stereocenters. The van der Waals surface area contributed by atoms with E-state index in [4.69, 9.17) is 4.98 Å². The van der Waals surface area contributed by atoms with Gasteiger partial charge in [0.1, 0.15) is 5.82 Å². The third kappa shape index (κ3) is 1.36. The topological polar surface area (TPSA) is 40.7 Å². The van der Waals surface area contributed by atoms with Gasteiger partial charge in [0.2, 0.25) is 0 Å². The lowest BCUT2D eigenvalue weighted by Crippen LogP contribution is -2.14. The third-order valence-electron chi connectivity index (χ3n) is 3.36. The van der Waals surface area contributed by atoms with Gasteiger partial charge in [-0.05, 0) is 45.1 Å². The first-order valence-corrected chi connectivity index (χ1v) is 5.74. The second kappa shape index (κ2) is 3.39. The molecule has 1 aliphatic carbocycles. The summed E-state index contributed by atoms with van der Waals surface area (Å²) in [6.45, 7) is 1.15. The molecule has 1 saturated heterocycles. The SMILES string of the molecule is C1CCc2[nH]c([C@@H]3CCCN3)nc2C1. The van der Waals surface area contributed by atoms with Crippen molar-refractivity contribution in [2.75, 3.05) is 6.54 Å². The van der Waals surface area contributed by atoms with Crippen molar-refractivity contribution >= 4 is 0 Å². The number of aromatic nitrogens is 2. The number of hydrogen-bond donors (Lipinski definition) is 2. The predicted octanol–water partition coefficient (Wildman–Crippen LogP) is 1.71. The van der Waals surface area contributed by atoms with E-state index in [1.807, 2.05) is 0 Å². The lowest BCUT2D eigenvalue weighted by atomic mass is 10.0. The molecule has 0 radical (unpaired) electrons. The van der Waals surface area contributed by atoms with Crippen molar-refractivity contribution in [1.29, 1.82) is 0 Å². The molecular formula is C11H17N3. The standard InChI is InChI=1S/C11H17N3/c1-2-5-9-8(4-1)13-11(14-9)10-6-3-7-12-10/h10,12H,1-7H2,(H,13,14)/t10-/m0/s1. The molecule has 14 heavy (non-hydrogen) atoms. The molecule has 1 fully saturated rings. The van der Waals surface area contributed by atoms with Crippen LogP contribution < -0.4 is 5.32 Å².